The lowest BCUT2D eigenvalue weighted by Gasteiger charge is -2.25. The molecule has 0 saturated heterocycles. The fourth-order valence-corrected chi connectivity index (χ4v) is 7.15. The number of carbonyl (C=O) groups is 1. The summed E-state index contributed by atoms with van der Waals surface area (Å²) < 4.78 is 35.1. The van der Waals surface area contributed by atoms with Gasteiger partial charge in [0.25, 0.3) is 0 Å². The van der Waals surface area contributed by atoms with Gasteiger partial charge in [0.05, 0.1) is 59.0 Å². The van der Waals surface area contributed by atoms with Gasteiger partial charge >= 0.3 is 0 Å². The van der Waals surface area contributed by atoms with E-state index in [0.29, 0.717) is 33.0 Å². The average molecular weight is 912 g/mol. The second-order valence-corrected chi connectivity index (χ2v) is 16.6. The molecule has 0 bridgehead atoms. The molecule has 0 radical (unpaired) electrons. The van der Waals surface area contributed by atoms with E-state index in [1.807, 2.05) is 24.3 Å². The van der Waals surface area contributed by atoms with Crippen LogP contribution in [0.2, 0.25) is 0 Å². The van der Waals surface area contributed by atoms with E-state index in [2.05, 4.69) is 61.6 Å². The van der Waals surface area contributed by atoms with E-state index in [1.54, 1.807) is 0 Å². The number of amides is 1. The zero-order valence-electron chi connectivity index (χ0n) is 39.3. The van der Waals surface area contributed by atoms with Gasteiger partial charge in [-0.15, -0.1) is 0 Å². The summed E-state index contributed by atoms with van der Waals surface area (Å²) in [6.07, 6.45) is 13.5. The molecule has 13 nitrogen and oxygen atoms in total. The zero-order valence-corrected chi connectivity index (χ0v) is 39.3. The van der Waals surface area contributed by atoms with Crippen LogP contribution in [0.15, 0.2) is 66.7 Å². The van der Waals surface area contributed by atoms with Crippen LogP contribution in [0.3, 0.4) is 0 Å². The van der Waals surface area contributed by atoms with E-state index < -0.39 is 36.9 Å². The molecule has 3 rings (SSSR count). The number of ether oxygens (including phenoxy) is 6. The Morgan fingerprint density at radius 1 is 0.492 bits per heavy atom. The van der Waals surface area contributed by atoms with E-state index >= 15 is 0 Å². The highest BCUT2D eigenvalue weighted by atomic mass is 16.6. The molecule has 366 valence electrons. The molecule has 0 aliphatic carbocycles. The summed E-state index contributed by atoms with van der Waals surface area (Å²) in [5.74, 6) is 1.93. The van der Waals surface area contributed by atoms with Crippen LogP contribution in [0.1, 0.15) is 117 Å². The first-order valence-electron chi connectivity index (χ1n) is 24.3. The fourth-order valence-electron chi connectivity index (χ4n) is 7.15. The van der Waals surface area contributed by atoms with Gasteiger partial charge in [0, 0.05) is 12.1 Å². The lowest BCUT2D eigenvalue weighted by Crippen LogP contribution is -2.50. The topological polar surface area (TPSA) is 186 Å². The van der Waals surface area contributed by atoms with Crippen molar-refractivity contribution < 1.29 is 58.7 Å². The molecule has 0 unspecified atom stereocenters. The highest BCUT2D eigenvalue weighted by Gasteiger charge is 2.30. The Morgan fingerprint density at radius 3 is 1.46 bits per heavy atom. The highest BCUT2D eigenvalue weighted by Crippen LogP contribution is 2.36. The molecule has 13 heteroatoms. The van der Waals surface area contributed by atoms with Crippen molar-refractivity contribution in [2.75, 3.05) is 72.6 Å². The molecular weight excluding hydrogens is 831 g/mol. The van der Waals surface area contributed by atoms with Gasteiger partial charge in [-0.25, -0.2) is 0 Å². The summed E-state index contributed by atoms with van der Waals surface area (Å²) >= 11 is 0. The first-order valence-corrected chi connectivity index (χ1v) is 24.3. The number of hydrogen-bond donors (Lipinski definition) is 6. The van der Waals surface area contributed by atoms with Gasteiger partial charge in [0.15, 0.2) is 0 Å². The normalized spacial score (nSPS) is 13.3. The predicted molar refractivity (Wildman–Crippen MR) is 256 cm³/mol. The molecule has 0 aliphatic heterocycles. The van der Waals surface area contributed by atoms with Crippen LogP contribution in [0.5, 0.6) is 17.2 Å². The summed E-state index contributed by atoms with van der Waals surface area (Å²) in [7, 11) is 0. The smallest absolute Gasteiger partial charge is 0.246 e. The lowest BCUT2D eigenvalue weighted by molar-refractivity contribution is -0.130. The average Bonchev–Trinajstić information content (AvgIpc) is 3.33. The van der Waals surface area contributed by atoms with Crippen molar-refractivity contribution in [1.82, 2.24) is 5.32 Å². The third kappa shape index (κ3) is 24.0. The van der Waals surface area contributed by atoms with Crippen LogP contribution >= 0.6 is 0 Å². The maximum absolute atomic E-state index is 12.0. The van der Waals surface area contributed by atoms with Crippen LogP contribution in [0, 0.1) is 0 Å². The fraction of sp³-hybridized carbons (Fsp3) is 0.635. The minimum Gasteiger partial charge on any atom is -0.494 e. The first kappa shape index (κ1) is 55.5. The first-order chi connectivity index (χ1) is 31.8. The summed E-state index contributed by atoms with van der Waals surface area (Å²) in [5, 5.41) is 50.1. The van der Waals surface area contributed by atoms with Crippen molar-refractivity contribution >= 4 is 5.91 Å². The molecule has 0 saturated carbocycles. The molecule has 3 aromatic carbocycles. The lowest BCUT2D eigenvalue weighted by atomic mass is 9.99. The predicted octanol–water partition coefficient (Wildman–Crippen LogP) is 8.04. The third-order valence-electron chi connectivity index (χ3n) is 11.2. The van der Waals surface area contributed by atoms with Crippen LogP contribution in [0.4, 0.5) is 0 Å². The number of rotatable bonds is 40. The van der Waals surface area contributed by atoms with Crippen molar-refractivity contribution in [3.63, 3.8) is 0 Å². The standard InChI is InChI=1S/C52H81NO12/c1-3-5-7-9-11-13-15-17-29-63-44-24-19-41(20-25-44)43-23-28-46(42-21-26-45(27-22-42)64-30-18-16-14-12-10-8-6-4-2)49(37-43)65-36-35-61-32-31-60-33-34-62-40-50(57)53-38-47(55)51(58)52(59)48(56)39-54/h19-28,37,47-48,51-52,54-56,58-59H,3-18,29-36,38-40H2,1-2H3,(H,53,57)/t47-,48+,51+,52+/m0/s1. The molecule has 0 spiro atoms. The number of unbranched alkanes of at least 4 members (excludes halogenated alkanes) is 14. The van der Waals surface area contributed by atoms with Crippen molar-refractivity contribution in [2.45, 2.75) is 141 Å². The SMILES string of the molecule is CCCCCCCCCCOc1ccc(-c2ccc(-c3ccc(OCCCCCCCCCC)cc3)c(OCCOCCOCCOCC(=O)NC[C@H](O)[C@@H](O)[C@H](O)[C@H](O)CO)c2)cc1. The second-order valence-electron chi connectivity index (χ2n) is 16.6. The second kappa shape index (κ2) is 35.4. The van der Waals surface area contributed by atoms with Crippen LogP contribution in [-0.4, -0.2) is 128 Å². The molecule has 4 atom stereocenters. The maximum atomic E-state index is 12.0. The molecule has 6 N–H and O–H groups in total. The molecule has 0 aromatic heterocycles. The van der Waals surface area contributed by atoms with Crippen LogP contribution in [-0.2, 0) is 19.0 Å². The molecule has 0 aliphatic rings. The molecule has 65 heavy (non-hydrogen) atoms. The summed E-state index contributed by atoms with van der Waals surface area (Å²) in [6.45, 7) is 6.16. The summed E-state index contributed by atoms with van der Waals surface area (Å²) in [5.41, 5.74) is 4.09. The van der Waals surface area contributed by atoms with Gasteiger partial charge in [0.1, 0.15) is 48.8 Å². The Morgan fingerprint density at radius 2 is 0.938 bits per heavy atom. The summed E-state index contributed by atoms with van der Waals surface area (Å²) in [4.78, 5) is 12.0. The van der Waals surface area contributed by atoms with Crippen LogP contribution in [0.25, 0.3) is 22.3 Å². The van der Waals surface area contributed by atoms with Crippen LogP contribution < -0.4 is 19.5 Å². The number of nitrogens with one attached hydrogen (secondary N) is 1. The minimum atomic E-state index is -1.77. The molecule has 1 amide bonds. The van der Waals surface area contributed by atoms with Crippen molar-refractivity contribution in [3.05, 3.63) is 66.7 Å². The minimum absolute atomic E-state index is 0.143. The maximum Gasteiger partial charge on any atom is 0.246 e. The monoisotopic (exact) mass is 912 g/mol. The van der Waals surface area contributed by atoms with Gasteiger partial charge in [-0.3, -0.25) is 4.79 Å². The van der Waals surface area contributed by atoms with Gasteiger partial charge < -0.3 is 59.3 Å². The van der Waals surface area contributed by atoms with E-state index in [1.165, 1.54) is 89.9 Å². The third-order valence-corrected chi connectivity index (χ3v) is 11.2. The highest BCUT2D eigenvalue weighted by molar-refractivity contribution is 5.77. The van der Waals surface area contributed by atoms with Crippen molar-refractivity contribution in [1.29, 1.82) is 0 Å². The van der Waals surface area contributed by atoms with Gasteiger partial charge in [-0.1, -0.05) is 140 Å². The van der Waals surface area contributed by atoms with E-state index in [0.717, 1.165) is 59.0 Å². The van der Waals surface area contributed by atoms with E-state index in [-0.39, 0.29) is 26.4 Å². The Bertz CT molecular complexity index is 1630. The number of benzene rings is 3. The van der Waals surface area contributed by atoms with Gasteiger partial charge in [-0.2, -0.15) is 0 Å². The number of aliphatic hydroxyl groups is 5. The quantitative estimate of drug-likeness (QED) is 0.0302. The molecule has 0 heterocycles. The molecule has 3 aromatic rings. The van der Waals surface area contributed by atoms with Crippen molar-refractivity contribution in [3.8, 4) is 39.5 Å². The zero-order chi connectivity index (χ0) is 46.7. The Balaban J connectivity index is 1.44. The number of hydrogen-bond acceptors (Lipinski definition) is 12. The molecule has 0 fully saturated rings. The van der Waals surface area contributed by atoms with Crippen molar-refractivity contribution in [2.24, 2.45) is 0 Å². The molecular formula is C52H81NO12. The van der Waals surface area contributed by atoms with Gasteiger partial charge in [-0.05, 0) is 59.9 Å². The summed E-state index contributed by atoms with van der Waals surface area (Å²) in [6, 6.07) is 22.7. The van der Waals surface area contributed by atoms with E-state index in [4.69, 9.17) is 33.5 Å². The van der Waals surface area contributed by atoms with E-state index in [9.17, 15) is 25.2 Å². The Kier molecular flexibility index (Phi) is 30.3. The Hall–Kier alpha value is -3.79. The number of carbonyl (C=O) groups excluding carboxylic acids is 1. The van der Waals surface area contributed by atoms with Gasteiger partial charge in [0.2, 0.25) is 5.91 Å². The number of aliphatic hydroxyl groups excluding tert-OH is 5. The Labute approximate surface area is 388 Å². The largest absolute Gasteiger partial charge is 0.494 e.